The lowest BCUT2D eigenvalue weighted by Gasteiger charge is -2.11. The summed E-state index contributed by atoms with van der Waals surface area (Å²) in [5.41, 5.74) is 4.29. The molecular weight excluding hydrogens is 417 g/mol. The maximum atomic E-state index is 11.2. The van der Waals surface area contributed by atoms with E-state index in [-0.39, 0.29) is 5.82 Å². The van der Waals surface area contributed by atoms with Crippen LogP contribution < -0.4 is 20.6 Å². The van der Waals surface area contributed by atoms with Crippen molar-refractivity contribution in [1.82, 2.24) is 15.2 Å². The number of benzene rings is 2. The molecule has 8 nitrogen and oxygen atoms in total. The lowest BCUT2D eigenvalue weighted by Crippen LogP contribution is -2.15. The summed E-state index contributed by atoms with van der Waals surface area (Å²) >= 11 is 12.0. The molecule has 3 aromatic rings. The van der Waals surface area contributed by atoms with Gasteiger partial charge in [-0.05, 0) is 48.4 Å². The van der Waals surface area contributed by atoms with Crippen LogP contribution in [0, 0.1) is 6.92 Å². The smallest absolute Gasteiger partial charge is 0.363 e. The minimum Gasteiger partial charge on any atom is -0.493 e. The number of rotatable bonds is 7. The monoisotopic (exact) mass is 433 g/mol. The first kappa shape index (κ1) is 20.6. The van der Waals surface area contributed by atoms with Crippen molar-refractivity contribution in [2.45, 2.75) is 13.5 Å². The summed E-state index contributed by atoms with van der Waals surface area (Å²) < 4.78 is 11.2. The van der Waals surface area contributed by atoms with Crippen molar-refractivity contribution in [2.24, 2.45) is 5.10 Å². The Morgan fingerprint density at radius 2 is 2.00 bits per heavy atom. The van der Waals surface area contributed by atoms with E-state index in [1.54, 1.807) is 44.5 Å². The van der Waals surface area contributed by atoms with Crippen molar-refractivity contribution < 1.29 is 9.47 Å². The molecule has 150 valence electrons. The quantitative estimate of drug-likeness (QED) is 0.433. The first-order chi connectivity index (χ1) is 14.0. The average molecular weight is 434 g/mol. The fraction of sp³-hybridized carbons (Fsp3) is 0.158. The van der Waals surface area contributed by atoms with Crippen LogP contribution >= 0.6 is 23.2 Å². The summed E-state index contributed by atoms with van der Waals surface area (Å²) in [6.07, 6.45) is 1.56. The Kier molecular flexibility index (Phi) is 6.69. The van der Waals surface area contributed by atoms with Gasteiger partial charge in [-0.1, -0.05) is 29.3 Å². The SMILES string of the molecule is COc1cc(C=NNc2nc(=O)[nH]nc2C)ccc1OCc1ccc(Cl)c(Cl)c1. The van der Waals surface area contributed by atoms with Gasteiger partial charge in [0.05, 0.1) is 23.4 Å². The van der Waals surface area contributed by atoms with Crippen LogP contribution in [-0.4, -0.2) is 28.5 Å². The number of ether oxygens (including phenoxy) is 2. The molecule has 0 spiro atoms. The van der Waals surface area contributed by atoms with Crippen molar-refractivity contribution in [3.63, 3.8) is 0 Å². The van der Waals surface area contributed by atoms with Crippen molar-refractivity contribution in [3.05, 3.63) is 73.7 Å². The molecule has 2 aromatic carbocycles. The predicted molar refractivity (Wildman–Crippen MR) is 112 cm³/mol. The lowest BCUT2D eigenvalue weighted by atomic mass is 10.2. The minimum atomic E-state index is -0.557. The molecule has 0 radical (unpaired) electrons. The molecule has 0 saturated carbocycles. The number of anilines is 1. The van der Waals surface area contributed by atoms with E-state index in [1.165, 1.54) is 0 Å². The zero-order valence-electron chi connectivity index (χ0n) is 15.6. The lowest BCUT2D eigenvalue weighted by molar-refractivity contribution is 0.284. The topological polar surface area (TPSA) is 101 Å². The molecule has 2 N–H and O–H groups in total. The normalized spacial score (nSPS) is 10.9. The fourth-order valence-corrected chi connectivity index (χ4v) is 2.66. The first-order valence-corrected chi connectivity index (χ1v) is 9.19. The molecule has 0 aliphatic carbocycles. The molecule has 0 amide bonds. The van der Waals surface area contributed by atoms with Crippen LogP contribution in [0.15, 0.2) is 46.3 Å². The van der Waals surface area contributed by atoms with Gasteiger partial charge in [-0.2, -0.15) is 15.2 Å². The molecule has 0 unspecified atom stereocenters. The number of halogens is 2. The van der Waals surface area contributed by atoms with Gasteiger partial charge in [0.2, 0.25) is 0 Å². The van der Waals surface area contributed by atoms with Gasteiger partial charge >= 0.3 is 5.69 Å². The van der Waals surface area contributed by atoms with Gasteiger partial charge in [0.15, 0.2) is 17.3 Å². The van der Waals surface area contributed by atoms with E-state index >= 15 is 0 Å². The van der Waals surface area contributed by atoms with Crippen molar-refractivity contribution in [3.8, 4) is 11.5 Å². The van der Waals surface area contributed by atoms with E-state index in [4.69, 9.17) is 32.7 Å². The van der Waals surface area contributed by atoms with Gasteiger partial charge in [-0.3, -0.25) is 5.43 Å². The zero-order chi connectivity index (χ0) is 20.8. The summed E-state index contributed by atoms with van der Waals surface area (Å²) in [6.45, 7) is 2.01. The van der Waals surface area contributed by atoms with Gasteiger partial charge in [0, 0.05) is 0 Å². The number of aromatic nitrogens is 3. The second-order valence-corrected chi connectivity index (χ2v) is 6.71. The van der Waals surface area contributed by atoms with E-state index < -0.39 is 5.69 Å². The fourth-order valence-electron chi connectivity index (χ4n) is 2.34. The number of nitrogens with one attached hydrogen (secondary N) is 2. The Hall–Kier alpha value is -3.10. The highest BCUT2D eigenvalue weighted by Crippen LogP contribution is 2.29. The van der Waals surface area contributed by atoms with E-state index in [9.17, 15) is 4.79 Å². The van der Waals surface area contributed by atoms with E-state index in [0.29, 0.717) is 33.8 Å². The Balaban J connectivity index is 1.68. The summed E-state index contributed by atoms with van der Waals surface area (Å²) in [6, 6.07) is 10.7. The van der Waals surface area contributed by atoms with Crippen LogP contribution in [0.2, 0.25) is 10.0 Å². The van der Waals surface area contributed by atoms with Crippen LogP contribution in [0.3, 0.4) is 0 Å². The van der Waals surface area contributed by atoms with Gasteiger partial charge in [0.1, 0.15) is 12.3 Å². The summed E-state index contributed by atoms with van der Waals surface area (Å²) in [4.78, 5) is 15.0. The molecular formula is C19H17Cl2N5O3. The van der Waals surface area contributed by atoms with Gasteiger partial charge in [-0.25, -0.2) is 9.89 Å². The van der Waals surface area contributed by atoms with E-state index in [0.717, 1.165) is 11.1 Å². The zero-order valence-corrected chi connectivity index (χ0v) is 17.1. The third-order valence-corrected chi connectivity index (χ3v) is 4.56. The molecule has 0 aliphatic rings. The third-order valence-electron chi connectivity index (χ3n) is 3.83. The number of H-pyrrole nitrogens is 1. The number of aromatic amines is 1. The number of hydrazone groups is 1. The second kappa shape index (κ2) is 9.40. The third kappa shape index (κ3) is 5.46. The van der Waals surface area contributed by atoms with Crippen molar-refractivity contribution in [2.75, 3.05) is 12.5 Å². The number of nitrogens with zero attached hydrogens (tertiary/aromatic N) is 3. The number of hydrogen-bond donors (Lipinski definition) is 2. The highest BCUT2D eigenvalue weighted by atomic mass is 35.5. The molecule has 0 atom stereocenters. The Morgan fingerprint density at radius 1 is 1.17 bits per heavy atom. The van der Waals surface area contributed by atoms with Gasteiger partial charge in [0.25, 0.3) is 0 Å². The molecule has 10 heteroatoms. The van der Waals surface area contributed by atoms with Crippen LogP contribution in [0.5, 0.6) is 11.5 Å². The highest BCUT2D eigenvalue weighted by Gasteiger charge is 2.07. The van der Waals surface area contributed by atoms with Crippen LogP contribution in [0.25, 0.3) is 0 Å². The Labute approximate surface area is 176 Å². The number of methoxy groups -OCH3 is 1. The molecule has 1 heterocycles. The summed E-state index contributed by atoms with van der Waals surface area (Å²) in [5, 5.41) is 11.1. The molecule has 0 bridgehead atoms. The van der Waals surface area contributed by atoms with E-state index in [2.05, 4.69) is 25.7 Å². The molecule has 3 rings (SSSR count). The minimum absolute atomic E-state index is 0.276. The van der Waals surface area contributed by atoms with Crippen LogP contribution in [-0.2, 0) is 6.61 Å². The van der Waals surface area contributed by atoms with Crippen molar-refractivity contribution >= 4 is 35.2 Å². The van der Waals surface area contributed by atoms with Crippen LogP contribution in [0.4, 0.5) is 5.82 Å². The van der Waals surface area contributed by atoms with E-state index in [1.807, 2.05) is 12.1 Å². The predicted octanol–water partition coefficient (Wildman–Crippen LogP) is 3.81. The highest BCUT2D eigenvalue weighted by molar-refractivity contribution is 6.42. The van der Waals surface area contributed by atoms with Gasteiger partial charge in [-0.15, -0.1) is 0 Å². The summed E-state index contributed by atoms with van der Waals surface area (Å²) in [7, 11) is 1.55. The number of aryl methyl sites for hydroxylation is 1. The molecule has 0 aliphatic heterocycles. The molecule has 29 heavy (non-hydrogen) atoms. The van der Waals surface area contributed by atoms with Crippen LogP contribution in [0.1, 0.15) is 16.8 Å². The standard InChI is InChI=1S/C19H17Cl2N5O3/c1-11-18(23-19(27)26-24-11)25-22-9-12-4-6-16(17(8-12)28-2)29-10-13-3-5-14(20)15(21)7-13/h3-9H,10H2,1-2H3,(H2,23,25,26,27). The van der Waals surface area contributed by atoms with Gasteiger partial charge < -0.3 is 9.47 Å². The maximum Gasteiger partial charge on any atom is 0.363 e. The molecule has 1 aromatic heterocycles. The maximum absolute atomic E-state index is 11.2. The van der Waals surface area contributed by atoms with Crippen molar-refractivity contribution in [1.29, 1.82) is 0 Å². The Bertz CT molecular complexity index is 1100. The molecule has 0 fully saturated rings. The number of hydrogen-bond acceptors (Lipinski definition) is 7. The first-order valence-electron chi connectivity index (χ1n) is 8.43. The molecule has 0 saturated heterocycles. The summed E-state index contributed by atoms with van der Waals surface area (Å²) in [5.74, 6) is 1.39. The second-order valence-electron chi connectivity index (χ2n) is 5.89. The Morgan fingerprint density at radius 3 is 2.76 bits per heavy atom. The average Bonchev–Trinajstić information content (AvgIpc) is 2.71. The largest absolute Gasteiger partial charge is 0.493 e.